The molecule has 0 aromatic heterocycles. The number of hydrogen-bond acceptors (Lipinski definition) is 4. The average Bonchev–Trinajstić information content (AvgIpc) is 3.36. The largest absolute Gasteiger partial charge is 0.343 e. The van der Waals surface area contributed by atoms with Crippen molar-refractivity contribution in [3.63, 3.8) is 0 Å². The minimum absolute atomic E-state index is 0.169. The van der Waals surface area contributed by atoms with E-state index in [4.69, 9.17) is 0 Å². The van der Waals surface area contributed by atoms with E-state index in [1.54, 1.807) is 0 Å². The molecule has 1 unspecified atom stereocenters. The Labute approximate surface area is 171 Å². The Morgan fingerprint density at radius 3 is 2.14 bits per heavy atom. The Bertz CT molecular complexity index is 544. The summed E-state index contributed by atoms with van der Waals surface area (Å²) >= 11 is 0. The van der Waals surface area contributed by atoms with Gasteiger partial charge in [0.1, 0.15) is 5.78 Å². The molecule has 1 spiro atoms. The zero-order chi connectivity index (χ0) is 20.3. The standard InChI is InChI=1S/C23H41N3O2/c1-18(2)21(27)6-5-20-17-23(20)8-11-26(12-9-23)22(28)7-10-24-13-15-25(16-14-24)19(3)4/h18-20H,5-17H2,1-4H3. The second-order valence-corrected chi connectivity index (χ2v) is 10.0. The smallest absolute Gasteiger partial charge is 0.223 e. The van der Waals surface area contributed by atoms with E-state index in [1.165, 1.54) is 6.42 Å². The zero-order valence-electron chi connectivity index (χ0n) is 18.6. The molecule has 3 aliphatic rings. The fourth-order valence-electron chi connectivity index (χ4n) is 5.17. The number of ketones is 1. The van der Waals surface area contributed by atoms with Crippen LogP contribution in [0.25, 0.3) is 0 Å². The van der Waals surface area contributed by atoms with E-state index >= 15 is 0 Å². The van der Waals surface area contributed by atoms with Gasteiger partial charge in [-0.1, -0.05) is 13.8 Å². The molecule has 0 aromatic carbocycles. The number of piperazine rings is 1. The van der Waals surface area contributed by atoms with Crippen molar-refractivity contribution in [3.05, 3.63) is 0 Å². The lowest BCUT2D eigenvalue weighted by atomic mass is 9.88. The summed E-state index contributed by atoms with van der Waals surface area (Å²) in [6.07, 6.45) is 6.05. The number of likely N-dealkylation sites (tertiary alicyclic amines) is 1. The lowest BCUT2D eigenvalue weighted by Gasteiger charge is -2.37. The van der Waals surface area contributed by atoms with Crippen LogP contribution in [0.1, 0.15) is 66.2 Å². The molecular formula is C23H41N3O2. The van der Waals surface area contributed by atoms with Gasteiger partial charge in [0.05, 0.1) is 0 Å². The Morgan fingerprint density at radius 2 is 1.57 bits per heavy atom. The lowest BCUT2D eigenvalue weighted by molar-refractivity contribution is -0.133. The van der Waals surface area contributed by atoms with Crippen LogP contribution in [0.4, 0.5) is 0 Å². The predicted octanol–water partition coefficient (Wildman–Crippen LogP) is 3.04. The fourth-order valence-corrected chi connectivity index (χ4v) is 5.17. The van der Waals surface area contributed by atoms with Crippen molar-refractivity contribution >= 4 is 11.7 Å². The van der Waals surface area contributed by atoms with E-state index in [9.17, 15) is 9.59 Å². The van der Waals surface area contributed by atoms with Crippen molar-refractivity contribution < 1.29 is 9.59 Å². The third-order valence-corrected chi connectivity index (χ3v) is 7.63. The molecule has 0 N–H and O–H groups in total. The van der Waals surface area contributed by atoms with Gasteiger partial charge in [-0.2, -0.15) is 0 Å². The van der Waals surface area contributed by atoms with E-state index in [1.807, 2.05) is 13.8 Å². The molecule has 1 aliphatic carbocycles. The molecule has 2 aliphatic heterocycles. The van der Waals surface area contributed by atoms with Crippen LogP contribution in [-0.4, -0.2) is 78.2 Å². The molecule has 1 saturated carbocycles. The summed E-state index contributed by atoms with van der Waals surface area (Å²) < 4.78 is 0. The second kappa shape index (κ2) is 9.25. The topological polar surface area (TPSA) is 43.9 Å². The summed E-state index contributed by atoms with van der Waals surface area (Å²) in [6.45, 7) is 15.7. The summed E-state index contributed by atoms with van der Waals surface area (Å²) in [4.78, 5) is 31.6. The average molecular weight is 392 g/mol. The number of nitrogens with zero attached hydrogens (tertiary/aromatic N) is 3. The van der Waals surface area contributed by atoms with E-state index in [-0.39, 0.29) is 5.92 Å². The Hall–Kier alpha value is -0.940. The molecule has 5 heteroatoms. The van der Waals surface area contributed by atoms with Gasteiger partial charge in [-0.05, 0) is 50.9 Å². The molecule has 160 valence electrons. The van der Waals surface area contributed by atoms with Gasteiger partial charge in [0.15, 0.2) is 0 Å². The van der Waals surface area contributed by atoms with Crippen molar-refractivity contribution in [3.8, 4) is 0 Å². The molecule has 1 atom stereocenters. The van der Waals surface area contributed by atoms with E-state index in [2.05, 4.69) is 28.5 Å². The number of carbonyl (C=O) groups excluding carboxylic acids is 2. The molecule has 1 amide bonds. The van der Waals surface area contributed by atoms with Crippen LogP contribution >= 0.6 is 0 Å². The number of carbonyl (C=O) groups is 2. The van der Waals surface area contributed by atoms with Crippen LogP contribution in [0.2, 0.25) is 0 Å². The molecule has 28 heavy (non-hydrogen) atoms. The van der Waals surface area contributed by atoms with Gasteiger partial charge in [0.25, 0.3) is 0 Å². The van der Waals surface area contributed by atoms with Crippen LogP contribution < -0.4 is 0 Å². The van der Waals surface area contributed by atoms with E-state index in [0.29, 0.717) is 29.6 Å². The van der Waals surface area contributed by atoms with Crippen molar-refractivity contribution in [1.29, 1.82) is 0 Å². The molecule has 2 saturated heterocycles. The highest BCUT2D eigenvalue weighted by Crippen LogP contribution is 2.61. The van der Waals surface area contributed by atoms with E-state index < -0.39 is 0 Å². The van der Waals surface area contributed by atoms with Crippen LogP contribution in [0.3, 0.4) is 0 Å². The van der Waals surface area contributed by atoms with Crippen LogP contribution in [0.5, 0.6) is 0 Å². The molecule has 3 rings (SSSR count). The predicted molar refractivity (Wildman–Crippen MR) is 113 cm³/mol. The highest BCUT2D eigenvalue weighted by molar-refractivity contribution is 5.80. The van der Waals surface area contributed by atoms with Crippen molar-refractivity contribution in [2.75, 3.05) is 45.8 Å². The summed E-state index contributed by atoms with van der Waals surface area (Å²) in [7, 11) is 0. The minimum Gasteiger partial charge on any atom is -0.343 e. The molecule has 0 radical (unpaired) electrons. The number of Topliss-reactive ketones (excluding diaryl/α,β-unsaturated/α-hetero) is 1. The zero-order valence-corrected chi connectivity index (χ0v) is 18.6. The van der Waals surface area contributed by atoms with Crippen LogP contribution in [-0.2, 0) is 9.59 Å². The SMILES string of the molecule is CC(C)C(=O)CCC1CC12CCN(C(=O)CCN1CCN(C(C)C)CC1)CC2. The van der Waals surface area contributed by atoms with Gasteiger partial charge >= 0.3 is 0 Å². The number of piperidine rings is 1. The lowest BCUT2D eigenvalue weighted by Crippen LogP contribution is -2.49. The number of rotatable bonds is 8. The van der Waals surface area contributed by atoms with Gasteiger partial charge in [0.2, 0.25) is 5.91 Å². The molecule has 3 fully saturated rings. The number of hydrogen-bond donors (Lipinski definition) is 0. The van der Waals surface area contributed by atoms with Crippen LogP contribution in [0.15, 0.2) is 0 Å². The summed E-state index contributed by atoms with van der Waals surface area (Å²) in [5.41, 5.74) is 0.460. The molecule has 2 heterocycles. The third kappa shape index (κ3) is 5.35. The van der Waals surface area contributed by atoms with E-state index in [0.717, 1.165) is 77.4 Å². The first-order valence-corrected chi connectivity index (χ1v) is 11.6. The molecule has 5 nitrogen and oxygen atoms in total. The maximum atomic E-state index is 12.7. The normalized spacial score (nSPS) is 25.6. The van der Waals surface area contributed by atoms with Gasteiger partial charge in [-0.15, -0.1) is 0 Å². The maximum absolute atomic E-state index is 12.7. The van der Waals surface area contributed by atoms with Crippen molar-refractivity contribution in [2.24, 2.45) is 17.3 Å². The van der Waals surface area contributed by atoms with Gasteiger partial charge < -0.3 is 9.80 Å². The third-order valence-electron chi connectivity index (χ3n) is 7.63. The van der Waals surface area contributed by atoms with Crippen molar-refractivity contribution in [2.45, 2.75) is 72.3 Å². The first kappa shape index (κ1) is 21.8. The van der Waals surface area contributed by atoms with Gasteiger partial charge in [-0.25, -0.2) is 0 Å². The number of amides is 1. The highest BCUT2D eigenvalue weighted by Gasteiger charge is 2.54. The Kier molecular flexibility index (Phi) is 7.19. The Morgan fingerprint density at radius 1 is 0.929 bits per heavy atom. The quantitative estimate of drug-likeness (QED) is 0.638. The fraction of sp³-hybridized carbons (Fsp3) is 0.913. The minimum atomic E-state index is 0.169. The first-order chi connectivity index (χ1) is 13.3. The second-order valence-electron chi connectivity index (χ2n) is 10.0. The maximum Gasteiger partial charge on any atom is 0.223 e. The van der Waals surface area contributed by atoms with Gasteiger partial charge in [-0.3, -0.25) is 14.5 Å². The summed E-state index contributed by atoms with van der Waals surface area (Å²) in [6, 6.07) is 0.624. The monoisotopic (exact) mass is 391 g/mol. The first-order valence-electron chi connectivity index (χ1n) is 11.6. The molecule has 0 aromatic rings. The van der Waals surface area contributed by atoms with Crippen LogP contribution in [0, 0.1) is 17.3 Å². The van der Waals surface area contributed by atoms with Crippen molar-refractivity contribution in [1.82, 2.24) is 14.7 Å². The Balaban J connectivity index is 1.32. The highest BCUT2D eigenvalue weighted by atomic mass is 16.2. The summed E-state index contributed by atoms with van der Waals surface area (Å²) in [5, 5.41) is 0. The van der Waals surface area contributed by atoms with Gasteiger partial charge in [0, 0.05) is 70.6 Å². The molecule has 0 bridgehead atoms. The summed E-state index contributed by atoms with van der Waals surface area (Å²) in [5.74, 6) is 1.64. The molecular weight excluding hydrogens is 350 g/mol.